The summed E-state index contributed by atoms with van der Waals surface area (Å²) in [5, 5.41) is 6.13. The van der Waals surface area contributed by atoms with Crippen LogP contribution in [-0.2, 0) is 15.8 Å². The molecule has 0 heterocycles. The van der Waals surface area contributed by atoms with E-state index in [9.17, 15) is 22.8 Å². The molecule has 0 aromatic heterocycles. The van der Waals surface area contributed by atoms with Gasteiger partial charge in [-0.3, -0.25) is 9.59 Å². The number of hydrogen-bond acceptors (Lipinski definition) is 5. The number of nitrogens with one attached hydrogen (secondary N) is 2. The standard InChI is InChI=1S/C20H20F3N3O4/c1-29-16-7-6-13(10-17(16)30-2)12-24-26-19(28)9-8-18(27)25-15-5-3-4-14(11-15)20(21,22)23/h3-7,10-12H,8-9H2,1-2H3,(H,25,27)(H,26,28). The topological polar surface area (TPSA) is 89.0 Å². The quantitative estimate of drug-likeness (QED) is 0.502. The van der Waals surface area contributed by atoms with E-state index in [2.05, 4.69) is 15.8 Å². The van der Waals surface area contributed by atoms with Gasteiger partial charge in [0.05, 0.1) is 26.0 Å². The lowest BCUT2D eigenvalue weighted by Crippen LogP contribution is -2.20. The second kappa shape index (κ2) is 10.3. The first-order chi connectivity index (χ1) is 14.2. The molecule has 0 saturated heterocycles. The monoisotopic (exact) mass is 423 g/mol. The van der Waals surface area contributed by atoms with E-state index in [1.54, 1.807) is 18.2 Å². The van der Waals surface area contributed by atoms with Gasteiger partial charge in [0.1, 0.15) is 0 Å². The minimum atomic E-state index is -4.51. The minimum Gasteiger partial charge on any atom is -0.493 e. The minimum absolute atomic E-state index is 0.00158. The largest absolute Gasteiger partial charge is 0.493 e. The normalized spacial score (nSPS) is 11.2. The molecule has 2 aromatic carbocycles. The van der Waals surface area contributed by atoms with Gasteiger partial charge in [-0.2, -0.15) is 18.3 Å². The molecule has 0 bridgehead atoms. The Kier molecular flexibility index (Phi) is 7.79. The van der Waals surface area contributed by atoms with Crippen LogP contribution in [-0.4, -0.2) is 32.2 Å². The van der Waals surface area contributed by atoms with Gasteiger partial charge in [-0.25, -0.2) is 5.43 Å². The fourth-order valence-corrected chi connectivity index (χ4v) is 2.39. The van der Waals surface area contributed by atoms with Crippen LogP contribution in [0.4, 0.5) is 18.9 Å². The van der Waals surface area contributed by atoms with Gasteiger partial charge in [0, 0.05) is 18.5 Å². The van der Waals surface area contributed by atoms with Gasteiger partial charge in [0.2, 0.25) is 11.8 Å². The van der Waals surface area contributed by atoms with Gasteiger partial charge in [-0.15, -0.1) is 0 Å². The summed E-state index contributed by atoms with van der Waals surface area (Å²) in [5.41, 5.74) is 2.05. The Morgan fingerprint density at radius 3 is 2.37 bits per heavy atom. The molecule has 2 N–H and O–H groups in total. The van der Waals surface area contributed by atoms with Crippen LogP contribution in [0.2, 0.25) is 0 Å². The molecule has 0 aliphatic rings. The van der Waals surface area contributed by atoms with Crippen LogP contribution in [0.15, 0.2) is 47.6 Å². The number of alkyl halides is 3. The predicted molar refractivity (Wildman–Crippen MR) is 105 cm³/mol. The van der Waals surface area contributed by atoms with E-state index in [1.165, 1.54) is 32.6 Å². The zero-order valence-corrected chi connectivity index (χ0v) is 16.2. The van der Waals surface area contributed by atoms with Gasteiger partial charge >= 0.3 is 6.18 Å². The van der Waals surface area contributed by atoms with Gasteiger partial charge in [-0.05, 0) is 42.0 Å². The Bertz CT molecular complexity index is 930. The van der Waals surface area contributed by atoms with Crippen LogP contribution in [0.25, 0.3) is 0 Å². The highest BCUT2D eigenvalue weighted by molar-refractivity contribution is 5.93. The average Bonchev–Trinajstić information content (AvgIpc) is 2.71. The average molecular weight is 423 g/mol. The summed E-state index contributed by atoms with van der Waals surface area (Å²) in [6, 6.07) is 9.30. The van der Waals surface area contributed by atoms with E-state index >= 15 is 0 Å². The molecular formula is C20H20F3N3O4. The van der Waals surface area contributed by atoms with Crippen molar-refractivity contribution in [1.82, 2.24) is 5.43 Å². The number of carbonyl (C=O) groups is 2. The third-order valence-electron chi connectivity index (χ3n) is 3.86. The number of carbonyl (C=O) groups excluding carboxylic acids is 2. The molecule has 0 saturated carbocycles. The second-order valence-electron chi connectivity index (χ2n) is 6.03. The van der Waals surface area contributed by atoms with Gasteiger partial charge in [-0.1, -0.05) is 6.07 Å². The fraction of sp³-hybridized carbons (Fsp3) is 0.250. The van der Waals surface area contributed by atoms with Crippen LogP contribution in [0, 0.1) is 0 Å². The van der Waals surface area contributed by atoms with Crippen molar-refractivity contribution >= 4 is 23.7 Å². The van der Waals surface area contributed by atoms with Crippen LogP contribution < -0.4 is 20.2 Å². The van der Waals surface area contributed by atoms with E-state index in [4.69, 9.17) is 9.47 Å². The maximum absolute atomic E-state index is 12.7. The zero-order valence-electron chi connectivity index (χ0n) is 16.2. The molecule has 2 amide bonds. The van der Waals surface area contributed by atoms with Gasteiger partial charge < -0.3 is 14.8 Å². The molecule has 10 heteroatoms. The van der Waals surface area contributed by atoms with Crippen LogP contribution >= 0.6 is 0 Å². The number of hydrazone groups is 1. The summed E-state index contributed by atoms with van der Waals surface area (Å²) in [5.74, 6) is -0.0660. The lowest BCUT2D eigenvalue weighted by atomic mass is 10.2. The highest BCUT2D eigenvalue weighted by Crippen LogP contribution is 2.30. The molecule has 0 fully saturated rings. The Labute approximate surface area is 170 Å². The summed E-state index contributed by atoms with van der Waals surface area (Å²) < 4.78 is 48.3. The molecular weight excluding hydrogens is 403 g/mol. The summed E-state index contributed by atoms with van der Waals surface area (Å²) in [6.07, 6.45) is -3.52. The SMILES string of the molecule is COc1ccc(C=NNC(=O)CCC(=O)Nc2cccc(C(F)(F)F)c2)cc1OC. The Balaban J connectivity index is 1.82. The molecule has 0 aliphatic carbocycles. The third kappa shape index (κ3) is 6.80. The predicted octanol–water partition coefficient (Wildman–Crippen LogP) is 3.59. The third-order valence-corrected chi connectivity index (χ3v) is 3.86. The van der Waals surface area contributed by atoms with Crippen molar-refractivity contribution in [1.29, 1.82) is 0 Å². The Hall–Kier alpha value is -3.56. The maximum atomic E-state index is 12.7. The van der Waals surface area contributed by atoms with Crippen LogP contribution in [0.3, 0.4) is 0 Å². The number of anilines is 1. The number of methoxy groups -OCH3 is 2. The van der Waals surface area contributed by atoms with Crippen molar-refractivity contribution in [2.75, 3.05) is 19.5 Å². The maximum Gasteiger partial charge on any atom is 0.416 e. The van der Waals surface area contributed by atoms with Crippen molar-refractivity contribution in [3.63, 3.8) is 0 Å². The Morgan fingerprint density at radius 1 is 1.00 bits per heavy atom. The molecule has 0 unspecified atom stereocenters. The Morgan fingerprint density at radius 2 is 1.70 bits per heavy atom. The summed E-state index contributed by atoms with van der Waals surface area (Å²) in [7, 11) is 3.00. The van der Waals surface area contributed by atoms with E-state index in [1.807, 2.05) is 0 Å². The fourth-order valence-electron chi connectivity index (χ4n) is 2.39. The summed E-state index contributed by atoms with van der Waals surface area (Å²) in [4.78, 5) is 23.7. The van der Waals surface area contributed by atoms with Crippen molar-refractivity contribution < 1.29 is 32.2 Å². The number of ether oxygens (including phenoxy) is 2. The lowest BCUT2D eigenvalue weighted by Gasteiger charge is -2.09. The number of hydrogen-bond donors (Lipinski definition) is 2. The van der Waals surface area contributed by atoms with Crippen molar-refractivity contribution in [3.05, 3.63) is 53.6 Å². The van der Waals surface area contributed by atoms with Gasteiger partial charge in [0.15, 0.2) is 11.5 Å². The van der Waals surface area contributed by atoms with E-state index < -0.39 is 23.6 Å². The zero-order chi connectivity index (χ0) is 22.1. The molecule has 30 heavy (non-hydrogen) atoms. The molecule has 2 rings (SSSR count). The summed E-state index contributed by atoms with van der Waals surface area (Å²) in [6.45, 7) is 0. The molecule has 2 aromatic rings. The number of amides is 2. The highest BCUT2D eigenvalue weighted by atomic mass is 19.4. The van der Waals surface area contributed by atoms with E-state index in [0.717, 1.165) is 12.1 Å². The molecule has 160 valence electrons. The lowest BCUT2D eigenvalue weighted by molar-refractivity contribution is -0.137. The first kappa shape index (κ1) is 22.7. The second-order valence-corrected chi connectivity index (χ2v) is 6.03. The molecule has 0 spiro atoms. The van der Waals surface area contributed by atoms with E-state index in [0.29, 0.717) is 17.1 Å². The number of rotatable bonds is 8. The highest BCUT2D eigenvalue weighted by Gasteiger charge is 2.30. The first-order valence-electron chi connectivity index (χ1n) is 8.74. The summed E-state index contributed by atoms with van der Waals surface area (Å²) >= 11 is 0. The first-order valence-corrected chi connectivity index (χ1v) is 8.74. The van der Waals surface area contributed by atoms with Crippen molar-refractivity contribution in [3.8, 4) is 11.5 Å². The molecule has 0 radical (unpaired) electrons. The molecule has 0 aliphatic heterocycles. The molecule has 0 atom stereocenters. The smallest absolute Gasteiger partial charge is 0.416 e. The number of benzene rings is 2. The van der Waals surface area contributed by atoms with Crippen molar-refractivity contribution in [2.24, 2.45) is 5.10 Å². The van der Waals surface area contributed by atoms with Crippen molar-refractivity contribution in [2.45, 2.75) is 19.0 Å². The van der Waals surface area contributed by atoms with Crippen LogP contribution in [0.1, 0.15) is 24.0 Å². The van der Waals surface area contributed by atoms with Gasteiger partial charge in [0.25, 0.3) is 0 Å². The number of nitrogens with zero attached hydrogens (tertiary/aromatic N) is 1. The van der Waals surface area contributed by atoms with Crippen LogP contribution in [0.5, 0.6) is 11.5 Å². The molecule has 7 nitrogen and oxygen atoms in total. The van der Waals surface area contributed by atoms with E-state index in [-0.39, 0.29) is 18.5 Å². The number of halogens is 3.